The van der Waals surface area contributed by atoms with Gasteiger partial charge in [-0.3, -0.25) is 24.0 Å². The smallest absolute Gasteiger partial charge is 0.408 e. The molecule has 1 aliphatic heterocycles. The molecule has 1 heterocycles. The zero-order chi connectivity index (χ0) is 35.5. The van der Waals surface area contributed by atoms with E-state index in [1.54, 1.807) is 41.5 Å². The molecule has 1 saturated heterocycles. The summed E-state index contributed by atoms with van der Waals surface area (Å²) in [5.74, 6) is -3.82. The lowest BCUT2D eigenvalue weighted by atomic mass is 9.77. The number of fused-ring (bicyclic) bond motifs is 1. The number of amides is 4. The van der Waals surface area contributed by atoms with Crippen molar-refractivity contribution in [1.82, 2.24) is 20.9 Å². The first-order chi connectivity index (χ1) is 21.7. The van der Waals surface area contributed by atoms with Crippen LogP contribution >= 0.6 is 0 Å². The maximum atomic E-state index is 14.5. The number of piperidine rings is 1. The van der Waals surface area contributed by atoms with E-state index < -0.39 is 70.8 Å². The van der Waals surface area contributed by atoms with Crippen LogP contribution in [0.5, 0.6) is 0 Å². The Bertz CT molecular complexity index is 1230. The van der Waals surface area contributed by atoms with Crippen molar-refractivity contribution in [3.63, 3.8) is 0 Å². The number of nitrogens with zero attached hydrogens (tertiary/aromatic N) is 1. The topological polar surface area (TPSA) is 160 Å². The van der Waals surface area contributed by atoms with Crippen molar-refractivity contribution in [3.05, 3.63) is 12.7 Å². The summed E-state index contributed by atoms with van der Waals surface area (Å²) in [4.78, 5) is 81.7. The van der Waals surface area contributed by atoms with Gasteiger partial charge in [0.2, 0.25) is 17.6 Å². The molecule has 7 unspecified atom stereocenters. The predicted octanol–water partition coefficient (Wildman–Crippen LogP) is 3.67. The van der Waals surface area contributed by atoms with Crippen molar-refractivity contribution < 1.29 is 38.2 Å². The van der Waals surface area contributed by atoms with Gasteiger partial charge in [0.15, 0.2) is 0 Å². The summed E-state index contributed by atoms with van der Waals surface area (Å²) in [6.07, 6.45) is 3.67. The van der Waals surface area contributed by atoms with Crippen LogP contribution in [-0.2, 0) is 33.4 Å². The molecule has 0 bridgehead atoms. The van der Waals surface area contributed by atoms with Gasteiger partial charge in [-0.2, -0.15) is 0 Å². The number of likely N-dealkylation sites (tertiary alicyclic amines) is 1. The highest BCUT2D eigenvalue weighted by atomic mass is 16.6. The van der Waals surface area contributed by atoms with Gasteiger partial charge in [-0.1, -0.05) is 39.7 Å². The largest absolute Gasteiger partial charge is 0.460 e. The molecular weight excluding hydrogens is 604 g/mol. The van der Waals surface area contributed by atoms with Gasteiger partial charge in [-0.25, -0.2) is 4.79 Å². The Morgan fingerprint density at radius 3 is 2.19 bits per heavy atom. The zero-order valence-electron chi connectivity index (χ0n) is 29.7. The van der Waals surface area contributed by atoms with E-state index in [0.29, 0.717) is 38.6 Å². The number of alkyl carbamates (subject to hydrolysis) is 1. The van der Waals surface area contributed by atoms with Crippen molar-refractivity contribution in [2.75, 3.05) is 13.1 Å². The van der Waals surface area contributed by atoms with Gasteiger partial charge in [-0.15, -0.1) is 6.58 Å². The maximum absolute atomic E-state index is 14.5. The lowest BCUT2D eigenvalue weighted by Gasteiger charge is -2.38. The first-order valence-corrected chi connectivity index (χ1v) is 17.0. The molecule has 3 fully saturated rings. The molecule has 264 valence electrons. The average molecular weight is 661 g/mol. The van der Waals surface area contributed by atoms with Crippen LogP contribution in [0.2, 0.25) is 0 Å². The Morgan fingerprint density at radius 1 is 0.979 bits per heavy atom. The van der Waals surface area contributed by atoms with E-state index in [4.69, 9.17) is 9.47 Å². The molecule has 47 heavy (non-hydrogen) atoms. The fraction of sp³-hybridized carbons (Fsp3) is 0.771. The minimum absolute atomic E-state index is 0.0430. The predicted molar refractivity (Wildman–Crippen MR) is 176 cm³/mol. The SMILES string of the molecule is C=CCNC(=O)C(=O)C(CCC)NC(=O)C1C2C(CN1C(=O)C(NC(=O)OC(C)(C)C)C1CCCC(C(=O)OC(C)(C)C)C1)C2(C)C. The van der Waals surface area contributed by atoms with Crippen LogP contribution < -0.4 is 16.0 Å². The van der Waals surface area contributed by atoms with Crippen molar-refractivity contribution >= 4 is 35.6 Å². The normalized spacial score (nSPS) is 26.1. The van der Waals surface area contributed by atoms with E-state index in [1.807, 2.05) is 20.8 Å². The van der Waals surface area contributed by atoms with E-state index in [9.17, 15) is 28.8 Å². The molecule has 0 aromatic carbocycles. The van der Waals surface area contributed by atoms with Crippen LogP contribution in [-0.4, -0.2) is 82.9 Å². The van der Waals surface area contributed by atoms with Crippen molar-refractivity contribution in [1.29, 1.82) is 0 Å². The van der Waals surface area contributed by atoms with Crippen LogP contribution in [0.15, 0.2) is 12.7 Å². The number of hydrogen-bond donors (Lipinski definition) is 3. The Labute approximate surface area is 279 Å². The summed E-state index contributed by atoms with van der Waals surface area (Å²) >= 11 is 0. The van der Waals surface area contributed by atoms with E-state index >= 15 is 0 Å². The van der Waals surface area contributed by atoms with Gasteiger partial charge in [-0.05, 0) is 90.4 Å². The fourth-order valence-corrected chi connectivity index (χ4v) is 7.16. The van der Waals surface area contributed by atoms with Gasteiger partial charge in [0.05, 0.1) is 12.0 Å². The lowest BCUT2D eigenvalue weighted by molar-refractivity contribution is -0.162. The Balaban J connectivity index is 1.90. The second-order valence-electron chi connectivity index (χ2n) is 15.9. The zero-order valence-corrected chi connectivity index (χ0v) is 29.7. The molecule has 3 rings (SSSR count). The summed E-state index contributed by atoms with van der Waals surface area (Å²) < 4.78 is 11.2. The van der Waals surface area contributed by atoms with Crippen molar-refractivity contribution in [2.24, 2.45) is 29.1 Å². The molecule has 12 heteroatoms. The maximum Gasteiger partial charge on any atom is 0.408 e. The second-order valence-corrected chi connectivity index (χ2v) is 15.9. The molecule has 0 radical (unpaired) electrons. The lowest BCUT2D eigenvalue weighted by Crippen LogP contribution is -2.60. The number of carbonyl (C=O) groups excluding carboxylic acids is 6. The van der Waals surface area contributed by atoms with Crippen molar-refractivity contribution in [3.8, 4) is 0 Å². The highest BCUT2D eigenvalue weighted by molar-refractivity contribution is 6.38. The summed E-state index contributed by atoms with van der Waals surface area (Å²) in [5, 5.41) is 8.06. The third-order valence-corrected chi connectivity index (χ3v) is 9.47. The number of ether oxygens (including phenoxy) is 2. The average Bonchev–Trinajstić information content (AvgIpc) is 3.27. The molecule has 3 aliphatic rings. The molecule has 0 aromatic rings. The third-order valence-electron chi connectivity index (χ3n) is 9.47. The standard InChI is InChI=1S/C35H56N4O8/c1-11-14-23(27(40)29(42)36-17-12-2)37-28(41)26-24-22(35(24,9)10)19-39(26)30(43)25(38-32(45)47-34(6,7)8)20-15-13-16-21(18-20)31(44)46-33(3,4)5/h12,20-26H,2,11,13-19H2,1,3-10H3,(H,36,42)(H,37,41)(H,38,45). The molecule has 12 nitrogen and oxygen atoms in total. The van der Waals surface area contributed by atoms with Gasteiger partial charge in [0.25, 0.3) is 5.91 Å². The van der Waals surface area contributed by atoms with E-state index in [2.05, 4.69) is 22.5 Å². The van der Waals surface area contributed by atoms with Crippen LogP contribution in [0, 0.1) is 29.1 Å². The van der Waals surface area contributed by atoms with Gasteiger partial charge in [0, 0.05) is 13.1 Å². The van der Waals surface area contributed by atoms with E-state index in [1.165, 1.54) is 11.0 Å². The summed E-state index contributed by atoms with van der Waals surface area (Å²) in [6.45, 7) is 20.5. The number of hydrogen-bond acceptors (Lipinski definition) is 8. The molecule has 2 saturated carbocycles. The highest BCUT2D eigenvalue weighted by Crippen LogP contribution is 2.65. The Morgan fingerprint density at radius 2 is 1.62 bits per heavy atom. The molecule has 0 spiro atoms. The molecule has 4 amide bonds. The minimum Gasteiger partial charge on any atom is -0.460 e. The Kier molecular flexibility index (Phi) is 11.9. The number of ketones is 1. The van der Waals surface area contributed by atoms with Gasteiger partial charge >= 0.3 is 12.1 Å². The first-order valence-electron chi connectivity index (χ1n) is 17.0. The number of carbonyl (C=O) groups is 6. The van der Waals surface area contributed by atoms with Crippen LogP contribution in [0.25, 0.3) is 0 Å². The number of esters is 1. The number of nitrogens with one attached hydrogen (secondary N) is 3. The summed E-state index contributed by atoms with van der Waals surface area (Å²) in [5.41, 5.74) is -1.70. The van der Waals surface area contributed by atoms with Crippen LogP contribution in [0.4, 0.5) is 4.79 Å². The van der Waals surface area contributed by atoms with Crippen LogP contribution in [0.3, 0.4) is 0 Å². The van der Waals surface area contributed by atoms with E-state index in [-0.39, 0.29) is 36.2 Å². The molecular formula is C35H56N4O8. The monoisotopic (exact) mass is 660 g/mol. The third kappa shape index (κ3) is 9.56. The molecule has 2 aliphatic carbocycles. The van der Waals surface area contributed by atoms with Crippen LogP contribution in [0.1, 0.15) is 101 Å². The quantitative estimate of drug-likeness (QED) is 0.162. The number of rotatable bonds is 12. The van der Waals surface area contributed by atoms with Gasteiger partial charge < -0.3 is 30.3 Å². The van der Waals surface area contributed by atoms with E-state index in [0.717, 1.165) is 0 Å². The number of Topliss-reactive ketones (excluding diaryl/α,β-unsaturated/α-hetero) is 1. The Hall–Kier alpha value is -3.44. The molecule has 0 aromatic heterocycles. The summed E-state index contributed by atoms with van der Waals surface area (Å²) in [6, 6.07) is -3.01. The van der Waals surface area contributed by atoms with Gasteiger partial charge in [0.1, 0.15) is 23.3 Å². The fourth-order valence-electron chi connectivity index (χ4n) is 7.16. The molecule has 3 N–H and O–H groups in total. The summed E-state index contributed by atoms with van der Waals surface area (Å²) in [7, 11) is 0. The second kappa shape index (κ2) is 14.8. The first kappa shape index (κ1) is 38.0. The molecule has 7 atom stereocenters. The van der Waals surface area contributed by atoms with Crippen molar-refractivity contribution in [2.45, 2.75) is 130 Å². The minimum atomic E-state index is -1.06. The highest BCUT2D eigenvalue weighted by Gasteiger charge is 2.69.